The van der Waals surface area contributed by atoms with E-state index in [1.165, 1.54) is 37.5 Å². The maximum Gasteiger partial charge on any atom is 0.349 e. The van der Waals surface area contributed by atoms with Crippen LogP contribution in [0.2, 0.25) is 0 Å². The van der Waals surface area contributed by atoms with Crippen molar-refractivity contribution in [3.63, 3.8) is 0 Å². The first-order valence-electron chi connectivity index (χ1n) is 7.09. The summed E-state index contributed by atoms with van der Waals surface area (Å²) in [5.74, 6) is -0.0442. The Bertz CT molecular complexity index is 627. The number of allylic oxidation sites excluding steroid dienone is 1. The highest BCUT2D eigenvalue weighted by molar-refractivity contribution is 7.96. The van der Waals surface area contributed by atoms with Gasteiger partial charge < -0.3 is 9.47 Å². The molecule has 0 N–H and O–H groups in total. The number of carbonyl (C=O) groups is 1. The van der Waals surface area contributed by atoms with Crippen LogP contribution in [0.3, 0.4) is 0 Å². The molecular weight excluding hydrogens is 304 g/mol. The van der Waals surface area contributed by atoms with E-state index >= 15 is 0 Å². The van der Waals surface area contributed by atoms with E-state index in [-0.39, 0.29) is 22.3 Å². The van der Waals surface area contributed by atoms with Gasteiger partial charge in [0.2, 0.25) is 9.84 Å². The Labute approximate surface area is 131 Å². The van der Waals surface area contributed by atoms with Crippen molar-refractivity contribution in [1.82, 2.24) is 0 Å². The van der Waals surface area contributed by atoms with Crippen molar-refractivity contribution in [2.24, 2.45) is 5.92 Å². The summed E-state index contributed by atoms with van der Waals surface area (Å²) in [6.45, 7) is 5.65. The number of benzene rings is 1. The van der Waals surface area contributed by atoms with Crippen molar-refractivity contribution in [1.29, 1.82) is 0 Å². The van der Waals surface area contributed by atoms with Gasteiger partial charge in [-0.25, -0.2) is 13.2 Å². The lowest BCUT2D eigenvalue weighted by Gasteiger charge is -2.10. The zero-order valence-electron chi connectivity index (χ0n) is 13.3. The van der Waals surface area contributed by atoms with Crippen LogP contribution in [-0.2, 0) is 19.4 Å². The van der Waals surface area contributed by atoms with E-state index in [1.54, 1.807) is 6.92 Å². The Kier molecular flexibility index (Phi) is 6.61. The SMILES string of the molecule is CCOC(=O)C(=CCC(C)C)S(=O)(=O)c1ccc(OC)cc1. The molecule has 0 aliphatic heterocycles. The van der Waals surface area contributed by atoms with Crippen LogP contribution in [0, 0.1) is 5.92 Å². The lowest BCUT2D eigenvalue weighted by atomic mass is 10.1. The quantitative estimate of drug-likeness (QED) is 0.569. The van der Waals surface area contributed by atoms with Crippen molar-refractivity contribution in [3.8, 4) is 5.75 Å². The first kappa shape index (κ1) is 18.2. The van der Waals surface area contributed by atoms with E-state index in [2.05, 4.69) is 0 Å². The number of rotatable bonds is 7. The van der Waals surface area contributed by atoms with Crippen molar-refractivity contribution in [3.05, 3.63) is 35.2 Å². The molecule has 0 aliphatic rings. The van der Waals surface area contributed by atoms with Gasteiger partial charge in [-0.1, -0.05) is 19.9 Å². The molecule has 5 nitrogen and oxygen atoms in total. The normalized spacial score (nSPS) is 12.3. The molecule has 1 rings (SSSR count). The number of hydrogen-bond acceptors (Lipinski definition) is 5. The summed E-state index contributed by atoms with van der Waals surface area (Å²) in [4.78, 5) is 11.7. The zero-order valence-corrected chi connectivity index (χ0v) is 14.1. The summed E-state index contributed by atoms with van der Waals surface area (Å²) in [6.07, 6.45) is 1.91. The van der Waals surface area contributed by atoms with Gasteiger partial charge in [-0.2, -0.15) is 0 Å². The minimum atomic E-state index is -3.91. The predicted octanol–water partition coefficient (Wildman–Crippen LogP) is 2.96. The van der Waals surface area contributed by atoms with Crippen LogP contribution in [0.4, 0.5) is 0 Å². The van der Waals surface area contributed by atoms with E-state index in [0.29, 0.717) is 12.2 Å². The predicted molar refractivity (Wildman–Crippen MR) is 84.4 cm³/mol. The average Bonchev–Trinajstić information content (AvgIpc) is 2.47. The van der Waals surface area contributed by atoms with Gasteiger partial charge in [-0.3, -0.25) is 0 Å². The summed E-state index contributed by atoms with van der Waals surface area (Å²) >= 11 is 0. The van der Waals surface area contributed by atoms with Crippen LogP contribution >= 0.6 is 0 Å². The topological polar surface area (TPSA) is 69.7 Å². The van der Waals surface area contributed by atoms with Crippen LogP contribution in [0.15, 0.2) is 40.1 Å². The fraction of sp³-hybridized carbons (Fsp3) is 0.438. The van der Waals surface area contributed by atoms with E-state index < -0.39 is 15.8 Å². The number of sulfone groups is 1. The van der Waals surface area contributed by atoms with E-state index in [1.807, 2.05) is 13.8 Å². The third-order valence-electron chi connectivity index (χ3n) is 2.91. The first-order valence-corrected chi connectivity index (χ1v) is 8.57. The number of esters is 1. The molecule has 0 atom stereocenters. The lowest BCUT2D eigenvalue weighted by molar-refractivity contribution is -0.137. The van der Waals surface area contributed by atoms with Gasteiger partial charge in [-0.15, -0.1) is 0 Å². The molecule has 0 amide bonds. The lowest BCUT2D eigenvalue weighted by Crippen LogP contribution is -2.17. The summed E-state index contributed by atoms with van der Waals surface area (Å²) in [5, 5.41) is 0. The first-order chi connectivity index (χ1) is 10.3. The molecule has 0 spiro atoms. The molecule has 22 heavy (non-hydrogen) atoms. The van der Waals surface area contributed by atoms with Gasteiger partial charge in [0.25, 0.3) is 0 Å². The maximum atomic E-state index is 12.7. The Hall–Kier alpha value is -1.82. The Morgan fingerprint density at radius 3 is 2.27 bits per heavy atom. The highest BCUT2D eigenvalue weighted by Crippen LogP contribution is 2.24. The van der Waals surface area contributed by atoms with Gasteiger partial charge in [0.05, 0.1) is 18.6 Å². The third-order valence-corrected chi connectivity index (χ3v) is 4.72. The Morgan fingerprint density at radius 1 is 1.23 bits per heavy atom. The van der Waals surface area contributed by atoms with Gasteiger partial charge in [0.15, 0.2) is 4.91 Å². The molecule has 6 heteroatoms. The summed E-state index contributed by atoms with van der Waals surface area (Å²) < 4.78 is 35.2. The average molecular weight is 326 g/mol. The van der Waals surface area contributed by atoms with Crippen LogP contribution < -0.4 is 4.74 Å². The monoisotopic (exact) mass is 326 g/mol. The molecule has 0 bridgehead atoms. The minimum absolute atomic E-state index is 0.0383. The molecule has 1 aromatic rings. The van der Waals surface area contributed by atoms with Gasteiger partial charge in [0.1, 0.15) is 5.75 Å². The molecule has 0 radical (unpaired) electrons. The van der Waals surface area contributed by atoms with Crippen molar-refractivity contribution >= 4 is 15.8 Å². The van der Waals surface area contributed by atoms with Gasteiger partial charge in [-0.05, 0) is 43.5 Å². The molecule has 0 saturated heterocycles. The standard InChI is InChI=1S/C16H22O5S/c1-5-21-16(17)15(11-6-12(2)3)22(18,19)14-9-7-13(20-4)8-10-14/h7-12H,5-6H2,1-4H3. The molecule has 0 aromatic heterocycles. The molecule has 1 aromatic carbocycles. The van der Waals surface area contributed by atoms with Crippen LogP contribution in [0.1, 0.15) is 27.2 Å². The van der Waals surface area contributed by atoms with Crippen LogP contribution in [0.25, 0.3) is 0 Å². The molecular formula is C16H22O5S. The molecule has 0 aliphatic carbocycles. The maximum absolute atomic E-state index is 12.7. The summed E-state index contributed by atoms with van der Waals surface area (Å²) in [5.41, 5.74) is 0. The second-order valence-electron chi connectivity index (χ2n) is 5.10. The second kappa shape index (κ2) is 7.98. The second-order valence-corrected chi connectivity index (χ2v) is 7.02. The summed E-state index contributed by atoms with van der Waals surface area (Å²) in [7, 11) is -2.42. The third kappa shape index (κ3) is 4.59. The van der Waals surface area contributed by atoms with Crippen molar-refractivity contribution in [2.75, 3.05) is 13.7 Å². The van der Waals surface area contributed by atoms with E-state index in [9.17, 15) is 13.2 Å². The fourth-order valence-corrected chi connectivity index (χ4v) is 3.07. The van der Waals surface area contributed by atoms with Crippen LogP contribution in [0.5, 0.6) is 5.75 Å². The zero-order chi connectivity index (χ0) is 16.8. The Balaban J connectivity index is 3.25. The highest BCUT2D eigenvalue weighted by atomic mass is 32.2. The number of methoxy groups -OCH3 is 1. The molecule has 0 saturated carbocycles. The van der Waals surface area contributed by atoms with E-state index in [0.717, 1.165) is 0 Å². The molecule has 122 valence electrons. The minimum Gasteiger partial charge on any atom is -0.497 e. The molecule has 0 unspecified atom stereocenters. The van der Waals surface area contributed by atoms with Gasteiger partial charge in [0, 0.05) is 0 Å². The van der Waals surface area contributed by atoms with E-state index in [4.69, 9.17) is 9.47 Å². The largest absolute Gasteiger partial charge is 0.497 e. The van der Waals surface area contributed by atoms with Gasteiger partial charge >= 0.3 is 5.97 Å². The fourth-order valence-electron chi connectivity index (χ4n) is 1.73. The van der Waals surface area contributed by atoms with Crippen LogP contribution in [-0.4, -0.2) is 28.1 Å². The highest BCUT2D eigenvalue weighted by Gasteiger charge is 2.28. The number of hydrogen-bond donors (Lipinski definition) is 0. The number of ether oxygens (including phenoxy) is 2. The molecule has 0 heterocycles. The Morgan fingerprint density at radius 2 is 1.82 bits per heavy atom. The smallest absolute Gasteiger partial charge is 0.349 e. The summed E-state index contributed by atoms with van der Waals surface area (Å²) in [6, 6.07) is 5.91. The molecule has 0 fully saturated rings. The van der Waals surface area contributed by atoms with Crippen molar-refractivity contribution < 1.29 is 22.7 Å². The van der Waals surface area contributed by atoms with Crippen molar-refractivity contribution in [2.45, 2.75) is 32.1 Å². The number of carbonyl (C=O) groups excluding carboxylic acids is 1.